The van der Waals surface area contributed by atoms with Crippen molar-refractivity contribution < 1.29 is 0 Å². The van der Waals surface area contributed by atoms with Crippen molar-refractivity contribution >= 4 is 12.3 Å². The van der Waals surface area contributed by atoms with E-state index in [2.05, 4.69) is 16.7 Å². The van der Waals surface area contributed by atoms with E-state index in [4.69, 9.17) is 0 Å². The molecule has 1 aromatic rings. The molecule has 66 valence electrons. The minimum atomic E-state index is 0.803. The van der Waals surface area contributed by atoms with Gasteiger partial charge in [0.25, 0.3) is 0 Å². The van der Waals surface area contributed by atoms with Crippen LogP contribution in [0.2, 0.25) is 0 Å². The summed E-state index contributed by atoms with van der Waals surface area (Å²) in [5, 5.41) is 3.89. The predicted molar refractivity (Wildman–Crippen MR) is 52.5 cm³/mol. The molecule has 0 saturated carbocycles. The van der Waals surface area contributed by atoms with Crippen LogP contribution in [0.5, 0.6) is 0 Å². The fourth-order valence-corrected chi connectivity index (χ4v) is 0.668. The maximum absolute atomic E-state index is 3.97. The number of rotatable bonds is 2. The SMILES string of the molecule is C=Cn1ncnc1/C=C\C.CC. The Morgan fingerprint density at radius 1 is 1.50 bits per heavy atom. The van der Waals surface area contributed by atoms with Gasteiger partial charge in [-0.3, -0.25) is 0 Å². The first-order chi connectivity index (χ1) is 5.88. The Morgan fingerprint density at radius 2 is 2.17 bits per heavy atom. The molecule has 0 radical (unpaired) electrons. The average Bonchev–Trinajstić information content (AvgIpc) is 2.56. The molecule has 0 atom stereocenters. The van der Waals surface area contributed by atoms with E-state index in [-0.39, 0.29) is 0 Å². The van der Waals surface area contributed by atoms with Crippen molar-refractivity contribution in [1.82, 2.24) is 14.8 Å². The van der Waals surface area contributed by atoms with E-state index >= 15 is 0 Å². The second-order valence-corrected chi connectivity index (χ2v) is 1.75. The van der Waals surface area contributed by atoms with Crippen molar-refractivity contribution in [2.45, 2.75) is 20.8 Å². The van der Waals surface area contributed by atoms with Crippen LogP contribution in [0.4, 0.5) is 0 Å². The van der Waals surface area contributed by atoms with Crippen LogP contribution < -0.4 is 0 Å². The molecule has 0 aliphatic carbocycles. The van der Waals surface area contributed by atoms with Gasteiger partial charge in [-0.2, -0.15) is 5.10 Å². The first kappa shape index (κ1) is 10.6. The van der Waals surface area contributed by atoms with Crippen LogP contribution in [0, 0.1) is 0 Å². The van der Waals surface area contributed by atoms with E-state index in [0.29, 0.717) is 0 Å². The molecule has 1 heterocycles. The molecule has 0 aliphatic rings. The Kier molecular flexibility index (Phi) is 5.61. The van der Waals surface area contributed by atoms with E-state index in [9.17, 15) is 0 Å². The Hall–Kier alpha value is -1.38. The molecule has 0 bridgehead atoms. The van der Waals surface area contributed by atoms with Gasteiger partial charge in [0.05, 0.1) is 0 Å². The van der Waals surface area contributed by atoms with Crippen molar-refractivity contribution in [2.24, 2.45) is 0 Å². The number of hydrogen-bond donors (Lipinski definition) is 0. The number of allylic oxidation sites excluding steroid dienone is 1. The minimum Gasteiger partial charge on any atom is -0.222 e. The molecule has 12 heavy (non-hydrogen) atoms. The maximum Gasteiger partial charge on any atom is 0.154 e. The van der Waals surface area contributed by atoms with Gasteiger partial charge in [0, 0.05) is 6.20 Å². The highest BCUT2D eigenvalue weighted by Gasteiger charge is 1.92. The summed E-state index contributed by atoms with van der Waals surface area (Å²) in [6.45, 7) is 9.51. The van der Waals surface area contributed by atoms with Gasteiger partial charge in [0.1, 0.15) is 6.33 Å². The third-order valence-electron chi connectivity index (χ3n) is 1.09. The quantitative estimate of drug-likeness (QED) is 0.673. The second-order valence-electron chi connectivity index (χ2n) is 1.75. The highest BCUT2D eigenvalue weighted by atomic mass is 15.3. The zero-order valence-corrected chi connectivity index (χ0v) is 7.86. The zero-order valence-electron chi connectivity index (χ0n) is 7.86. The lowest BCUT2D eigenvalue weighted by atomic mass is 10.5. The molecule has 1 rings (SSSR count). The van der Waals surface area contributed by atoms with Gasteiger partial charge in [-0.1, -0.05) is 26.5 Å². The zero-order chi connectivity index (χ0) is 9.40. The van der Waals surface area contributed by atoms with Gasteiger partial charge in [0.15, 0.2) is 5.82 Å². The monoisotopic (exact) mass is 165 g/mol. The van der Waals surface area contributed by atoms with Crippen LogP contribution in [0.3, 0.4) is 0 Å². The van der Waals surface area contributed by atoms with Crippen LogP contribution >= 0.6 is 0 Å². The van der Waals surface area contributed by atoms with Crippen LogP contribution in [0.25, 0.3) is 12.3 Å². The van der Waals surface area contributed by atoms with Crippen LogP contribution in [0.15, 0.2) is 19.0 Å². The van der Waals surface area contributed by atoms with Gasteiger partial charge in [-0.15, -0.1) is 0 Å². The Bertz CT molecular complexity index is 248. The highest BCUT2D eigenvalue weighted by molar-refractivity contribution is 5.42. The summed E-state index contributed by atoms with van der Waals surface area (Å²) in [5.74, 6) is 0.803. The Labute approximate surface area is 73.4 Å². The molecule has 0 amide bonds. The van der Waals surface area contributed by atoms with Crippen molar-refractivity contribution in [3.8, 4) is 0 Å². The molecular weight excluding hydrogens is 150 g/mol. The molecule has 0 spiro atoms. The van der Waals surface area contributed by atoms with Crippen molar-refractivity contribution in [2.75, 3.05) is 0 Å². The summed E-state index contributed by atoms with van der Waals surface area (Å²) in [5.41, 5.74) is 0. The lowest BCUT2D eigenvalue weighted by Crippen LogP contribution is -1.90. The first-order valence-corrected chi connectivity index (χ1v) is 4.03. The third-order valence-corrected chi connectivity index (χ3v) is 1.09. The normalized spacial score (nSPS) is 9.25. The topological polar surface area (TPSA) is 30.7 Å². The molecule has 0 saturated heterocycles. The number of aromatic nitrogens is 3. The summed E-state index contributed by atoms with van der Waals surface area (Å²) >= 11 is 0. The minimum absolute atomic E-state index is 0.803. The molecule has 3 heteroatoms. The summed E-state index contributed by atoms with van der Waals surface area (Å²) in [4.78, 5) is 3.97. The van der Waals surface area contributed by atoms with Gasteiger partial charge < -0.3 is 0 Å². The molecule has 1 aromatic heterocycles. The van der Waals surface area contributed by atoms with Crippen molar-refractivity contribution in [1.29, 1.82) is 0 Å². The van der Waals surface area contributed by atoms with Crippen LogP contribution in [0.1, 0.15) is 26.6 Å². The largest absolute Gasteiger partial charge is 0.222 e. The summed E-state index contributed by atoms with van der Waals surface area (Å²) in [7, 11) is 0. The lowest BCUT2D eigenvalue weighted by Gasteiger charge is -1.90. The van der Waals surface area contributed by atoms with Gasteiger partial charge in [-0.05, 0) is 13.0 Å². The predicted octanol–water partition coefficient (Wildman–Crippen LogP) is 2.44. The second kappa shape index (κ2) is 6.34. The highest BCUT2D eigenvalue weighted by Crippen LogP contribution is 1.95. The van der Waals surface area contributed by atoms with E-state index in [1.54, 1.807) is 10.9 Å². The smallest absolute Gasteiger partial charge is 0.154 e. The lowest BCUT2D eigenvalue weighted by molar-refractivity contribution is 0.924. The number of nitrogens with zero attached hydrogens (tertiary/aromatic N) is 3. The van der Waals surface area contributed by atoms with E-state index in [1.165, 1.54) is 6.33 Å². The number of hydrogen-bond acceptors (Lipinski definition) is 2. The molecular formula is C9H15N3. The molecule has 0 unspecified atom stereocenters. The summed E-state index contributed by atoms with van der Waals surface area (Å²) in [6.07, 6.45) is 6.89. The maximum atomic E-state index is 3.97. The fourth-order valence-electron chi connectivity index (χ4n) is 0.668. The van der Waals surface area contributed by atoms with Gasteiger partial charge >= 0.3 is 0 Å². The Balaban J connectivity index is 0.000000561. The first-order valence-electron chi connectivity index (χ1n) is 4.03. The van der Waals surface area contributed by atoms with Crippen LogP contribution in [-0.2, 0) is 0 Å². The third kappa shape index (κ3) is 2.70. The molecule has 0 fully saturated rings. The molecule has 3 nitrogen and oxygen atoms in total. The van der Waals surface area contributed by atoms with Gasteiger partial charge in [-0.25, -0.2) is 9.67 Å². The summed E-state index contributed by atoms with van der Waals surface area (Å²) in [6, 6.07) is 0. The van der Waals surface area contributed by atoms with E-state index in [0.717, 1.165) is 5.82 Å². The molecule has 0 aliphatic heterocycles. The van der Waals surface area contributed by atoms with Crippen molar-refractivity contribution in [3.63, 3.8) is 0 Å². The van der Waals surface area contributed by atoms with Crippen LogP contribution in [-0.4, -0.2) is 14.8 Å². The molecule has 0 aromatic carbocycles. The molecule has 0 N–H and O–H groups in total. The van der Waals surface area contributed by atoms with E-state index in [1.807, 2.05) is 32.9 Å². The van der Waals surface area contributed by atoms with Gasteiger partial charge in [0.2, 0.25) is 0 Å². The Morgan fingerprint density at radius 3 is 2.67 bits per heavy atom. The van der Waals surface area contributed by atoms with Crippen molar-refractivity contribution in [3.05, 3.63) is 24.8 Å². The fraction of sp³-hybridized carbons (Fsp3) is 0.333. The standard InChI is InChI=1S/C7H9N3.C2H6/c1-3-5-7-8-6-9-10(7)4-2;1-2/h3-6H,2H2,1H3;1-2H3/b5-3-;. The van der Waals surface area contributed by atoms with E-state index < -0.39 is 0 Å². The average molecular weight is 165 g/mol. The summed E-state index contributed by atoms with van der Waals surface area (Å²) < 4.78 is 1.61.